The summed E-state index contributed by atoms with van der Waals surface area (Å²) in [5, 5.41) is 0. The second-order valence-corrected chi connectivity index (χ2v) is 4.12. The SMILES string of the molecule is COc1cc(Br)c(F)c(CC(C)N)c1. The zero-order valence-corrected chi connectivity index (χ0v) is 9.77. The number of benzene rings is 1. The van der Waals surface area contributed by atoms with Crippen LogP contribution in [0.1, 0.15) is 12.5 Å². The minimum Gasteiger partial charge on any atom is -0.497 e. The van der Waals surface area contributed by atoms with E-state index in [1.807, 2.05) is 6.92 Å². The lowest BCUT2D eigenvalue weighted by Gasteiger charge is -2.10. The fourth-order valence-corrected chi connectivity index (χ4v) is 1.71. The van der Waals surface area contributed by atoms with E-state index < -0.39 is 0 Å². The summed E-state index contributed by atoms with van der Waals surface area (Å²) < 4.78 is 19.0. The van der Waals surface area contributed by atoms with Crippen molar-refractivity contribution in [3.8, 4) is 5.75 Å². The highest BCUT2D eigenvalue weighted by atomic mass is 79.9. The van der Waals surface area contributed by atoms with Gasteiger partial charge in [0, 0.05) is 6.04 Å². The summed E-state index contributed by atoms with van der Waals surface area (Å²) in [5.41, 5.74) is 6.19. The van der Waals surface area contributed by atoms with Crippen LogP contribution in [0.4, 0.5) is 4.39 Å². The average molecular weight is 262 g/mol. The summed E-state index contributed by atoms with van der Waals surface area (Å²) in [6.07, 6.45) is 0.502. The van der Waals surface area contributed by atoms with Gasteiger partial charge in [0.1, 0.15) is 11.6 Å². The molecule has 0 spiro atoms. The van der Waals surface area contributed by atoms with Crippen LogP contribution in [0.2, 0.25) is 0 Å². The van der Waals surface area contributed by atoms with Crippen molar-refractivity contribution >= 4 is 15.9 Å². The molecule has 0 fully saturated rings. The van der Waals surface area contributed by atoms with E-state index in [-0.39, 0.29) is 11.9 Å². The predicted molar refractivity (Wildman–Crippen MR) is 58.0 cm³/mol. The van der Waals surface area contributed by atoms with Crippen LogP contribution in [-0.2, 0) is 6.42 Å². The number of ether oxygens (including phenoxy) is 1. The zero-order chi connectivity index (χ0) is 10.7. The van der Waals surface area contributed by atoms with Crippen molar-refractivity contribution in [1.82, 2.24) is 0 Å². The molecule has 0 saturated carbocycles. The minimum absolute atomic E-state index is 0.0662. The van der Waals surface area contributed by atoms with Gasteiger partial charge in [0.25, 0.3) is 0 Å². The second-order valence-electron chi connectivity index (χ2n) is 3.26. The summed E-state index contributed by atoms with van der Waals surface area (Å²) in [6, 6.07) is 3.20. The standard InChI is InChI=1S/C10H13BrFNO/c1-6(13)3-7-4-8(14-2)5-9(11)10(7)12/h4-6H,3,13H2,1-2H3. The lowest BCUT2D eigenvalue weighted by atomic mass is 10.1. The molecule has 2 nitrogen and oxygen atoms in total. The van der Waals surface area contributed by atoms with Crippen LogP contribution in [0.25, 0.3) is 0 Å². The predicted octanol–water partition coefficient (Wildman–Crippen LogP) is 2.49. The van der Waals surface area contributed by atoms with Gasteiger partial charge >= 0.3 is 0 Å². The van der Waals surface area contributed by atoms with Crippen molar-refractivity contribution in [2.75, 3.05) is 7.11 Å². The molecule has 0 amide bonds. The molecule has 0 aliphatic heterocycles. The molecule has 4 heteroatoms. The van der Waals surface area contributed by atoms with Crippen molar-refractivity contribution in [2.24, 2.45) is 5.73 Å². The molecule has 0 saturated heterocycles. The third-order valence-corrected chi connectivity index (χ3v) is 2.43. The highest BCUT2D eigenvalue weighted by Gasteiger charge is 2.10. The van der Waals surface area contributed by atoms with Gasteiger partial charge in [-0.1, -0.05) is 0 Å². The van der Waals surface area contributed by atoms with Crippen LogP contribution in [0, 0.1) is 5.82 Å². The number of methoxy groups -OCH3 is 1. The van der Waals surface area contributed by atoms with Crippen LogP contribution in [-0.4, -0.2) is 13.2 Å². The van der Waals surface area contributed by atoms with Crippen molar-refractivity contribution in [1.29, 1.82) is 0 Å². The zero-order valence-electron chi connectivity index (χ0n) is 8.18. The van der Waals surface area contributed by atoms with Gasteiger partial charge < -0.3 is 10.5 Å². The van der Waals surface area contributed by atoms with Crippen LogP contribution < -0.4 is 10.5 Å². The van der Waals surface area contributed by atoms with E-state index in [0.717, 1.165) is 0 Å². The summed E-state index contributed by atoms with van der Waals surface area (Å²) in [6.45, 7) is 1.84. The van der Waals surface area contributed by atoms with Crippen molar-refractivity contribution in [3.05, 3.63) is 28.0 Å². The first kappa shape index (κ1) is 11.5. The van der Waals surface area contributed by atoms with E-state index in [1.54, 1.807) is 19.2 Å². The molecule has 0 aliphatic carbocycles. The molecule has 1 aromatic rings. The maximum atomic E-state index is 13.5. The van der Waals surface area contributed by atoms with Gasteiger partial charge in [-0.05, 0) is 47.0 Å². The Hall–Kier alpha value is -0.610. The summed E-state index contributed by atoms with van der Waals surface area (Å²) >= 11 is 3.13. The van der Waals surface area contributed by atoms with Crippen molar-refractivity contribution in [2.45, 2.75) is 19.4 Å². The van der Waals surface area contributed by atoms with Gasteiger partial charge in [-0.15, -0.1) is 0 Å². The smallest absolute Gasteiger partial charge is 0.140 e. The molecule has 1 unspecified atom stereocenters. The van der Waals surface area contributed by atoms with E-state index in [4.69, 9.17) is 10.5 Å². The summed E-state index contributed by atoms with van der Waals surface area (Å²) in [4.78, 5) is 0. The Bertz CT molecular complexity index is 328. The first-order chi connectivity index (χ1) is 6.54. The number of nitrogens with two attached hydrogens (primary N) is 1. The van der Waals surface area contributed by atoms with E-state index in [2.05, 4.69) is 15.9 Å². The first-order valence-corrected chi connectivity index (χ1v) is 5.11. The molecule has 0 bridgehead atoms. The lowest BCUT2D eigenvalue weighted by Crippen LogP contribution is -2.18. The molecule has 78 valence electrons. The highest BCUT2D eigenvalue weighted by molar-refractivity contribution is 9.10. The molecule has 1 atom stereocenters. The first-order valence-electron chi connectivity index (χ1n) is 4.32. The third-order valence-electron chi connectivity index (χ3n) is 1.85. The van der Waals surface area contributed by atoms with E-state index in [9.17, 15) is 4.39 Å². The van der Waals surface area contributed by atoms with Gasteiger partial charge in [-0.25, -0.2) is 4.39 Å². The molecule has 0 radical (unpaired) electrons. The number of hydrogen-bond acceptors (Lipinski definition) is 2. The molecule has 2 N–H and O–H groups in total. The Kier molecular flexibility index (Phi) is 3.89. The number of hydrogen-bond donors (Lipinski definition) is 1. The molecule has 1 aromatic carbocycles. The Morgan fingerprint density at radius 3 is 2.71 bits per heavy atom. The van der Waals surface area contributed by atoms with Gasteiger partial charge in [0.15, 0.2) is 0 Å². The average Bonchev–Trinajstić information content (AvgIpc) is 2.11. The Morgan fingerprint density at radius 1 is 1.57 bits per heavy atom. The Morgan fingerprint density at radius 2 is 2.21 bits per heavy atom. The maximum absolute atomic E-state index is 13.5. The van der Waals surface area contributed by atoms with Crippen LogP contribution >= 0.6 is 15.9 Å². The van der Waals surface area contributed by atoms with Crippen molar-refractivity contribution < 1.29 is 9.13 Å². The van der Waals surface area contributed by atoms with E-state index in [0.29, 0.717) is 22.2 Å². The topological polar surface area (TPSA) is 35.2 Å². The van der Waals surface area contributed by atoms with Crippen LogP contribution in [0.5, 0.6) is 5.75 Å². The minimum atomic E-state index is -0.261. The third kappa shape index (κ3) is 2.69. The molecule has 0 aromatic heterocycles. The van der Waals surface area contributed by atoms with Crippen molar-refractivity contribution in [3.63, 3.8) is 0 Å². The van der Waals surface area contributed by atoms with Gasteiger partial charge in [-0.3, -0.25) is 0 Å². The molecule has 0 aliphatic rings. The molecular weight excluding hydrogens is 249 g/mol. The van der Waals surface area contributed by atoms with Gasteiger partial charge in [0.05, 0.1) is 11.6 Å². The van der Waals surface area contributed by atoms with Crippen LogP contribution in [0.15, 0.2) is 16.6 Å². The van der Waals surface area contributed by atoms with E-state index in [1.165, 1.54) is 0 Å². The van der Waals surface area contributed by atoms with Gasteiger partial charge in [-0.2, -0.15) is 0 Å². The van der Waals surface area contributed by atoms with Gasteiger partial charge in [0.2, 0.25) is 0 Å². The monoisotopic (exact) mass is 261 g/mol. The second kappa shape index (κ2) is 4.75. The lowest BCUT2D eigenvalue weighted by molar-refractivity contribution is 0.412. The number of rotatable bonds is 3. The Balaban J connectivity index is 3.07. The fraction of sp³-hybridized carbons (Fsp3) is 0.400. The van der Waals surface area contributed by atoms with E-state index >= 15 is 0 Å². The molecule has 1 rings (SSSR count). The fourth-order valence-electron chi connectivity index (χ4n) is 1.23. The molecule has 0 heterocycles. The molecular formula is C10H13BrFNO. The maximum Gasteiger partial charge on any atom is 0.140 e. The summed E-state index contributed by atoms with van der Waals surface area (Å²) in [5.74, 6) is 0.372. The van der Waals surface area contributed by atoms with Crippen LogP contribution in [0.3, 0.4) is 0 Å². The normalized spacial score (nSPS) is 12.6. The largest absolute Gasteiger partial charge is 0.497 e. The highest BCUT2D eigenvalue weighted by Crippen LogP contribution is 2.26. The Labute approximate surface area is 91.4 Å². The summed E-state index contributed by atoms with van der Waals surface area (Å²) in [7, 11) is 1.55. The molecule has 14 heavy (non-hydrogen) atoms. The quantitative estimate of drug-likeness (QED) is 0.908. The number of halogens is 2.